The Bertz CT molecular complexity index is 311. The lowest BCUT2D eigenvalue weighted by molar-refractivity contribution is 0.0364. The lowest BCUT2D eigenvalue weighted by atomic mass is 9.79. The number of likely N-dealkylation sites (tertiary alicyclic amines) is 1. The Hall–Kier alpha value is -0.160. The summed E-state index contributed by atoms with van der Waals surface area (Å²) in [5.74, 6) is 0.965. The summed E-state index contributed by atoms with van der Waals surface area (Å²) in [5, 5.41) is 0. The van der Waals surface area contributed by atoms with Crippen molar-refractivity contribution in [2.24, 2.45) is 5.92 Å². The zero-order valence-electron chi connectivity index (χ0n) is 14.3. The zero-order valence-corrected chi connectivity index (χ0v) is 14.3. The molecule has 3 aliphatic rings. The van der Waals surface area contributed by atoms with Crippen LogP contribution >= 0.6 is 0 Å². The van der Waals surface area contributed by atoms with E-state index in [1.807, 2.05) is 0 Å². The van der Waals surface area contributed by atoms with Gasteiger partial charge in [-0.05, 0) is 65.8 Å². The molecule has 2 heterocycles. The molecule has 122 valence electrons. The molecule has 0 aromatic carbocycles. The van der Waals surface area contributed by atoms with E-state index in [1.165, 1.54) is 71.5 Å². The van der Waals surface area contributed by atoms with E-state index in [1.54, 1.807) is 0 Å². The third-order valence-corrected chi connectivity index (χ3v) is 6.07. The molecule has 3 fully saturated rings. The summed E-state index contributed by atoms with van der Waals surface area (Å²) in [4.78, 5) is 10.4. The van der Waals surface area contributed by atoms with Crippen molar-refractivity contribution in [2.75, 3.05) is 67.0 Å². The first-order valence-electron chi connectivity index (χ1n) is 8.93. The number of hydrogen-bond acceptors (Lipinski definition) is 4. The topological polar surface area (TPSA) is 13.0 Å². The molecule has 3 rings (SSSR count). The van der Waals surface area contributed by atoms with Gasteiger partial charge in [-0.3, -0.25) is 4.90 Å². The van der Waals surface area contributed by atoms with Crippen LogP contribution in [0.2, 0.25) is 0 Å². The minimum absolute atomic E-state index is 0.857. The van der Waals surface area contributed by atoms with Gasteiger partial charge in [0.15, 0.2) is 0 Å². The Balaban J connectivity index is 1.34. The van der Waals surface area contributed by atoms with Crippen LogP contribution in [0.15, 0.2) is 0 Å². The second-order valence-corrected chi connectivity index (χ2v) is 7.83. The molecule has 0 aromatic rings. The van der Waals surface area contributed by atoms with Gasteiger partial charge in [0.1, 0.15) is 0 Å². The summed E-state index contributed by atoms with van der Waals surface area (Å²) >= 11 is 0. The highest BCUT2D eigenvalue weighted by atomic mass is 15.3. The molecule has 2 aliphatic heterocycles. The lowest BCUT2D eigenvalue weighted by Crippen LogP contribution is -2.54. The average Bonchev–Trinajstić information content (AvgIpc) is 2.43. The van der Waals surface area contributed by atoms with Gasteiger partial charge in [-0.25, -0.2) is 0 Å². The van der Waals surface area contributed by atoms with E-state index in [9.17, 15) is 0 Å². The van der Waals surface area contributed by atoms with Crippen molar-refractivity contribution in [1.82, 2.24) is 19.6 Å². The predicted molar refractivity (Wildman–Crippen MR) is 88.7 cm³/mol. The van der Waals surface area contributed by atoms with Gasteiger partial charge in [0.25, 0.3) is 0 Å². The molecule has 0 unspecified atom stereocenters. The summed E-state index contributed by atoms with van der Waals surface area (Å²) < 4.78 is 0. The Morgan fingerprint density at radius 2 is 1.52 bits per heavy atom. The van der Waals surface area contributed by atoms with Crippen molar-refractivity contribution < 1.29 is 0 Å². The number of rotatable bonds is 4. The van der Waals surface area contributed by atoms with E-state index < -0.39 is 0 Å². The van der Waals surface area contributed by atoms with Crippen molar-refractivity contribution >= 4 is 0 Å². The standard InChI is InChI=1S/C17H34N4/c1-18(2)17-12-15(13-17)14-20-8-10-21(11-9-20)16-4-6-19(3)7-5-16/h15-17H,4-14H2,1-3H3. The van der Waals surface area contributed by atoms with Crippen LogP contribution in [0.1, 0.15) is 25.7 Å². The highest BCUT2D eigenvalue weighted by Gasteiger charge is 2.33. The lowest BCUT2D eigenvalue weighted by Gasteiger charge is -2.45. The van der Waals surface area contributed by atoms with Gasteiger partial charge in [-0.15, -0.1) is 0 Å². The molecule has 0 N–H and O–H groups in total. The Labute approximate surface area is 131 Å². The third kappa shape index (κ3) is 3.98. The second kappa shape index (κ2) is 6.95. The van der Waals surface area contributed by atoms with Gasteiger partial charge in [0.05, 0.1) is 0 Å². The van der Waals surface area contributed by atoms with Crippen molar-refractivity contribution in [2.45, 2.75) is 37.8 Å². The monoisotopic (exact) mass is 294 g/mol. The molecule has 0 aromatic heterocycles. The largest absolute Gasteiger partial charge is 0.306 e. The van der Waals surface area contributed by atoms with Crippen molar-refractivity contribution in [3.8, 4) is 0 Å². The van der Waals surface area contributed by atoms with E-state index in [4.69, 9.17) is 0 Å². The number of nitrogens with zero attached hydrogens (tertiary/aromatic N) is 4. The highest BCUT2D eigenvalue weighted by Crippen LogP contribution is 2.31. The zero-order chi connectivity index (χ0) is 14.8. The fourth-order valence-electron chi connectivity index (χ4n) is 4.31. The van der Waals surface area contributed by atoms with Crippen molar-refractivity contribution in [1.29, 1.82) is 0 Å². The average molecular weight is 294 g/mol. The van der Waals surface area contributed by atoms with Gasteiger partial charge in [-0.1, -0.05) is 0 Å². The van der Waals surface area contributed by atoms with Crippen molar-refractivity contribution in [3.63, 3.8) is 0 Å². The van der Waals surface area contributed by atoms with Crippen LogP contribution in [0.3, 0.4) is 0 Å². The third-order valence-electron chi connectivity index (χ3n) is 6.07. The summed E-state index contributed by atoms with van der Waals surface area (Å²) in [5.41, 5.74) is 0. The van der Waals surface area contributed by atoms with E-state index in [-0.39, 0.29) is 0 Å². The molecular formula is C17H34N4. The van der Waals surface area contributed by atoms with Crippen LogP contribution in [0.25, 0.3) is 0 Å². The van der Waals surface area contributed by atoms with Gasteiger partial charge in [-0.2, -0.15) is 0 Å². The number of piperazine rings is 1. The number of hydrogen-bond donors (Lipinski definition) is 0. The Morgan fingerprint density at radius 1 is 0.905 bits per heavy atom. The van der Waals surface area contributed by atoms with E-state index in [0.717, 1.165) is 18.0 Å². The molecule has 0 spiro atoms. The SMILES string of the molecule is CN1CCC(N2CCN(CC3CC(N(C)C)C3)CC2)CC1. The van der Waals surface area contributed by atoms with Crippen LogP contribution in [0.5, 0.6) is 0 Å². The molecule has 2 saturated heterocycles. The molecule has 4 nitrogen and oxygen atoms in total. The first kappa shape index (κ1) is 15.7. The molecule has 0 amide bonds. The maximum absolute atomic E-state index is 2.77. The summed E-state index contributed by atoms with van der Waals surface area (Å²) in [6.07, 6.45) is 5.59. The number of piperidine rings is 1. The highest BCUT2D eigenvalue weighted by molar-refractivity contribution is 4.88. The molecule has 1 saturated carbocycles. The Kier molecular flexibility index (Phi) is 5.20. The van der Waals surface area contributed by atoms with Crippen LogP contribution < -0.4 is 0 Å². The van der Waals surface area contributed by atoms with Crippen LogP contribution in [0.4, 0.5) is 0 Å². The maximum Gasteiger partial charge on any atom is 0.0121 e. The van der Waals surface area contributed by atoms with Crippen molar-refractivity contribution in [3.05, 3.63) is 0 Å². The minimum atomic E-state index is 0.857. The molecular weight excluding hydrogens is 260 g/mol. The molecule has 0 atom stereocenters. The minimum Gasteiger partial charge on any atom is -0.306 e. The smallest absolute Gasteiger partial charge is 0.0121 e. The maximum atomic E-state index is 2.77. The fraction of sp³-hybridized carbons (Fsp3) is 1.00. The Morgan fingerprint density at radius 3 is 2.10 bits per heavy atom. The quantitative estimate of drug-likeness (QED) is 0.768. The first-order valence-corrected chi connectivity index (χ1v) is 8.93. The fourth-order valence-corrected chi connectivity index (χ4v) is 4.31. The van der Waals surface area contributed by atoms with Gasteiger partial charge < -0.3 is 14.7 Å². The van der Waals surface area contributed by atoms with E-state index in [0.29, 0.717) is 0 Å². The molecule has 21 heavy (non-hydrogen) atoms. The second-order valence-electron chi connectivity index (χ2n) is 7.83. The van der Waals surface area contributed by atoms with Gasteiger partial charge in [0, 0.05) is 44.8 Å². The molecule has 4 heteroatoms. The molecule has 1 aliphatic carbocycles. The van der Waals surface area contributed by atoms with Gasteiger partial charge in [0.2, 0.25) is 0 Å². The first-order chi connectivity index (χ1) is 10.1. The van der Waals surface area contributed by atoms with E-state index in [2.05, 4.69) is 40.7 Å². The molecule has 0 bridgehead atoms. The van der Waals surface area contributed by atoms with Crippen LogP contribution in [-0.4, -0.2) is 98.6 Å². The normalized spacial score (nSPS) is 34.3. The van der Waals surface area contributed by atoms with Crippen LogP contribution in [-0.2, 0) is 0 Å². The molecule has 0 radical (unpaired) electrons. The van der Waals surface area contributed by atoms with Gasteiger partial charge >= 0.3 is 0 Å². The summed E-state index contributed by atoms with van der Waals surface area (Å²) in [6.45, 7) is 9.14. The summed E-state index contributed by atoms with van der Waals surface area (Å²) in [7, 11) is 6.70. The van der Waals surface area contributed by atoms with Crippen LogP contribution in [0, 0.1) is 5.92 Å². The predicted octanol–water partition coefficient (Wildman–Crippen LogP) is 1.04. The summed E-state index contributed by atoms with van der Waals surface area (Å²) in [6, 6.07) is 1.72. The van der Waals surface area contributed by atoms with E-state index >= 15 is 0 Å².